The van der Waals surface area contributed by atoms with Crippen LogP contribution >= 0.6 is 0 Å². The highest BCUT2D eigenvalue weighted by Crippen LogP contribution is 2.34. The third-order valence-electron chi connectivity index (χ3n) is 2.29. The molecule has 0 aromatic heterocycles. The Morgan fingerprint density at radius 3 is 2.90 bits per heavy atom. The minimum atomic E-state index is 0.619. The molecule has 1 saturated carbocycles. The maximum atomic E-state index is 4.60. The molecule has 1 aliphatic heterocycles. The van der Waals surface area contributed by atoms with Crippen LogP contribution in [0.1, 0.15) is 19.8 Å². The van der Waals surface area contributed by atoms with E-state index in [1.165, 1.54) is 18.6 Å². The summed E-state index contributed by atoms with van der Waals surface area (Å²) in [5, 5.41) is 3.38. The molecule has 2 nitrogen and oxygen atoms in total. The van der Waals surface area contributed by atoms with Crippen molar-refractivity contribution in [2.75, 3.05) is 13.1 Å². The van der Waals surface area contributed by atoms with E-state index in [0.717, 1.165) is 19.0 Å². The Kier molecular flexibility index (Phi) is 1.49. The van der Waals surface area contributed by atoms with Crippen LogP contribution < -0.4 is 5.32 Å². The first kappa shape index (κ1) is 6.35. The first-order valence-electron chi connectivity index (χ1n) is 4.10. The zero-order valence-electron chi connectivity index (χ0n) is 6.43. The summed E-state index contributed by atoms with van der Waals surface area (Å²) in [6, 6.07) is 0.619. The first-order valence-corrected chi connectivity index (χ1v) is 4.10. The molecule has 2 heteroatoms. The molecule has 0 radical (unpaired) electrons. The molecule has 1 fully saturated rings. The summed E-state index contributed by atoms with van der Waals surface area (Å²) in [5.41, 5.74) is 1.28. The molecule has 10 heavy (non-hydrogen) atoms. The van der Waals surface area contributed by atoms with Crippen LogP contribution in [-0.2, 0) is 0 Å². The molecular weight excluding hydrogens is 124 g/mol. The second-order valence-electron chi connectivity index (χ2n) is 3.40. The lowest BCUT2D eigenvalue weighted by Crippen LogP contribution is -2.36. The summed E-state index contributed by atoms with van der Waals surface area (Å²) in [7, 11) is 0. The van der Waals surface area contributed by atoms with Crippen LogP contribution in [-0.4, -0.2) is 24.8 Å². The quantitative estimate of drug-likeness (QED) is 0.570. The van der Waals surface area contributed by atoms with E-state index in [-0.39, 0.29) is 0 Å². The van der Waals surface area contributed by atoms with Crippen molar-refractivity contribution < 1.29 is 0 Å². The minimum Gasteiger partial charge on any atom is -0.309 e. The van der Waals surface area contributed by atoms with Crippen LogP contribution in [0.4, 0.5) is 0 Å². The zero-order chi connectivity index (χ0) is 6.97. The maximum absolute atomic E-state index is 4.60. The fourth-order valence-corrected chi connectivity index (χ4v) is 1.53. The molecule has 0 aromatic rings. The summed E-state index contributed by atoms with van der Waals surface area (Å²) in [4.78, 5) is 4.60. The van der Waals surface area contributed by atoms with Gasteiger partial charge in [-0.2, -0.15) is 0 Å². The second kappa shape index (κ2) is 2.35. The Morgan fingerprint density at radius 1 is 1.50 bits per heavy atom. The van der Waals surface area contributed by atoms with Gasteiger partial charge in [-0.15, -0.1) is 0 Å². The number of rotatable bonds is 1. The second-order valence-corrected chi connectivity index (χ2v) is 3.40. The normalized spacial score (nSPS) is 33.7. The lowest BCUT2D eigenvalue weighted by atomic mass is 10.1. The topological polar surface area (TPSA) is 24.4 Å². The van der Waals surface area contributed by atoms with E-state index in [0.29, 0.717) is 6.04 Å². The van der Waals surface area contributed by atoms with Gasteiger partial charge in [-0.25, -0.2) is 0 Å². The average molecular weight is 138 g/mol. The van der Waals surface area contributed by atoms with E-state index < -0.39 is 0 Å². The maximum Gasteiger partial charge on any atom is 0.0652 e. The Labute approximate surface area is 61.7 Å². The average Bonchev–Trinajstić information content (AvgIpc) is 2.68. The largest absolute Gasteiger partial charge is 0.309 e. The van der Waals surface area contributed by atoms with E-state index in [9.17, 15) is 0 Å². The zero-order valence-corrected chi connectivity index (χ0v) is 6.43. The van der Waals surface area contributed by atoms with E-state index in [1.807, 2.05) is 0 Å². The van der Waals surface area contributed by atoms with E-state index in [2.05, 4.69) is 17.2 Å². The van der Waals surface area contributed by atoms with Gasteiger partial charge in [0.25, 0.3) is 0 Å². The monoisotopic (exact) mass is 138 g/mol. The van der Waals surface area contributed by atoms with Crippen LogP contribution in [0.25, 0.3) is 0 Å². The van der Waals surface area contributed by atoms with Crippen LogP contribution in [0.15, 0.2) is 4.99 Å². The molecule has 0 bridgehead atoms. The van der Waals surface area contributed by atoms with Gasteiger partial charge in [-0.3, -0.25) is 4.99 Å². The molecule has 1 N–H and O–H groups in total. The third kappa shape index (κ3) is 1.21. The molecule has 1 atom stereocenters. The highest BCUT2D eigenvalue weighted by atomic mass is 15.0. The van der Waals surface area contributed by atoms with Crippen molar-refractivity contribution in [2.24, 2.45) is 10.9 Å². The lowest BCUT2D eigenvalue weighted by molar-refractivity contribution is 0.531. The molecule has 2 rings (SSSR count). The minimum absolute atomic E-state index is 0.619. The lowest BCUT2D eigenvalue weighted by Gasteiger charge is -2.19. The molecule has 0 aromatic carbocycles. The molecule has 2 aliphatic rings. The van der Waals surface area contributed by atoms with Gasteiger partial charge in [0.2, 0.25) is 0 Å². The number of nitrogens with zero attached hydrogens (tertiary/aromatic N) is 1. The van der Waals surface area contributed by atoms with Gasteiger partial charge in [0.15, 0.2) is 0 Å². The summed E-state index contributed by atoms with van der Waals surface area (Å²) in [6.07, 6.45) is 2.81. The molecule has 0 spiro atoms. The van der Waals surface area contributed by atoms with E-state index >= 15 is 0 Å². The molecule has 56 valence electrons. The van der Waals surface area contributed by atoms with Crippen LogP contribution in [0.3, 0.4) is 0 Å². The van der Waals surface area contributed by atoms with Crippen LogP contribution in [0.2, 0.25) is 0 Å². The summed E-state index contributed by atoms with van der Waals surface area (Å²) in [6.45, 7) is 4.23. The number of aliphatic imine (C=N–C) groups is 1. The van der Waals surface area contributed by atoms with Crippen molar-refractivity contribution >= 4 is 5.71 Å². The highest BCUT2D eigenvalue weighted by Gasteiger charge is 2.31. The molecule has 0 saturated heterocycles. The Hall–Kier alpha value is -0.370. The van der Waals surface area contributed by atoms with Crippen molar-refractivity contribution in [1.82, 2.24) is 5.32 Å². The van der Waals surface area contributed by atoms with Crippen molar-refractivity contribution in [2.45, 2.75) is 25.8 Å². The van der Waals surface area contributed by atoms with Gasteiger partial charge in [-0.1, -0.05) is 0 Å². The molecule has 1 heterocycles. The number of hydrogen-bond acceptors (Lipinski definition) is 2. The molecule has 1 aliphatic carbocycles. The highest BCUT2D eigenvalue weighted by molar-refractivity contribution is 5.84. The van der Waals surface area contributed by atoms with E-state index in [4.69, 9.17) is 0 Å². The number of hydrogen-bond donors (Lipinski definition) is 1. The van der Waals surface area contributed by atoms with Crippen molar-refractivity contribution in [3.05, 3.63) is 0 Å². The summed E-state index contributed by atoms with van der Waals surface area (Å²) >= 11 is 0. The smallest absolute Gasteiger partial charge is 0.0652 e. The molecule has 1 unspecified atom stereocenters. The number of nitrogens with one attached hydrogen (secondary N) is 1. The van der Waals surface area contributed by atoms with Crippen molar-refractivity contribution in [3.8, 4) is 0 Å². The van der Waals surface area contributed by atoms with Crippen molar-refractivity contribution in [1.29, 1.82) is 0 Å². The Balaban J connectivity index is 2.00. The van der Waals surface area contributed by atoms with Crippen molar-refractivity contribution in [3.63, 3.8) is 0 Å². The third-order valence-corrected chi connectivity index (χ3v) is 2.29. The van der Waals surface area contributed by atoms with Gasteiger partial charge < -0.3 is 5.32 Å². The van der Waals surface area contributed by atoms with E-state index in [1.54, 1.807) is 0 Å². The standard InChI is InChI=1S/C8H14N2/c1-6-4-9-5-8(10-6)7-2-3-7/h7-9H,2-5H2,1H3. The fourth-order valence-electron chi connectivity index (χ4n) is 1.53. The SMILES string of the molecule is CC1=NC(C2CC2)CNC1. The van der Waals surface area contributed by atoms with Crippen LogP contribution in [0.5, 0.6) is 0 Å². The fraction of sp³-hybridized carbons (Fsp3) is 0.875. The van der Waals surface area contributed by atoms with Gasteiger partial charge in [-0.05, 0) is 25.7 Å². The first-order chi connectivity index (χ1) is 4.86. The van der Waals surface area contributed by atoms with Crippen LogP contribution in [0, 0.1) is 5.92 Å². The van der Waals surface area contributed by atoms with Gasteiger partial charge in [0.1, 0.15) is 0 Å². The molecule has 0 amide bonds. The molecular formula is C8H14N2. The summed E-state index contributed by atoms with van der Waals surface area (Å²) in [5.74, 6) is 0.919. The summed E-state index contributed by atoms with van der Waals surface area (Å²) < 4.78 is 0. The Bertz CT molecular complexity index is 159. The van der Waals surface area contributed by atoms with Gasteiger partial charge in [0, 0.05) is 18.8 Å². The Morgan fingerprint density at radius 2 is 2.30 bits per heavy atom. The van der Waals surface area contributed by atoms with Gasteiger partial charge >= 0.3 is 0 Å². The predicted octanol–water partition coefficient (Wildman–Crippen LogP) is 0.829. The van der Waals surface area contributed by atoms with Gasteiger partial charge in [0.05, 0.1) is 6.04 Å². The predicted molar refractivity (Wildman–Crippen MR) is 42.5 cm³/mol.